The van der Waals surface area contributed by atoms with Gasteiger partial charge >= 0.3 is 5.97 Å². The van der Waals surface area contributed by atoms with Gasteiger partial charge < -0.3 is 14.8 Å². The van der Waals surface area contributed by atoms with Gasteiger partial charge in [-0.05, 0) is 37.3 Å². The fraction of sp³-hybridized carbons (Fsp3) is 0.222. The van der Waals surface area contributed by atoms with Gasteiger partial charge in [-0.1, -0.05) is 6.07 Å². The largest absolute Gasteiger partial charge is 0.482 e. The molecule has 0 bridgehead atoms. The molecule has 0 saturated heterocycles. The first kappa shape index (κ1) is 19.3. The molecule has 0 unspecified atom stereocenters. The number of benzene rings is 2. The molecule has 1 N–H and O–H groups in total. The molecule has 8 heteroatoms. The number of halogens is 3. The third-order valence-electron chi connectivity index (χ3n) is 3.34. The predicted molar refractivity (Wildman–Crippen MR) is 85.8 cm³/mol. The Hall–Kier alpha value is -3.03. The topological polar surface area (TPSA) is 64.6 Å². The van der Waals surface area contributed by atoms with E-state index in [0.29, 0.717) is 6.07 Å². The molecule has 0 aliphatic heterocycles. The summed E-state index contributed by atoms with van der Waals surface area (Å²) in [6.45, 7) is 0.466. The molecule has 0 radical (unpaired) electrons. The Balaban J connectivity index is 1.75. The average molecular weight is 367 g/mol. The maximum Gasteiger partial charge on any atom is 0.344 e. The summed E-state index contributed by atoms with van der Waals surface area (Å²) in [5.74, 6) is -3.14. The monoisotopic (exact) mass is 367 g/mol. The Morgan fingerprint density at radius 2 is 1.65 bits per heavy atom. The molecule has 2 aromatic rings. The lowest BCUT2D eigenvalue weighted by molar-refractivity contribution is -0.150. The second-order valence-electron chi connectivity index (χ2n) is 5.36. The minimum Gasteiger partial charge on any atom is -0.482 e. The van der Waals surface area contributed by atoms with Crippen LogP contribution in [-0.4, -0.2) is 25.1 Å². The van der Waals surface area contributed by atoms with Crippen molar-refractivity contribution in [3.05, 3.63) is 65.5 Å². The van der Waals surface area contributed by atoms with E-state index in [0.717, 1.165) is 6.07 Å². The van der Waals surface area contributed by atoms with Crippen LogP contribution >= 0.6 is 0 Å². The number of hydrogen-bond acceptors (Lipinski definition) is 4. The van der Waals surface area contributed by atoms with E-state index in [2.05, 4.69) is 5.32 Å². The van der Waals surface area contributed by atoms with Gasteiger partial charge in [0.15, 0.2) is 13.2 Å². The van der Waals surface area contributed by atoms with Crippen LogP contribution in [-0.2, 0) is 14.3 Å². The smallest absolute Gasteiger partial charge is 0.344 e. The summed E-state index contributed by atoms with van der Waals surface area (Å²) in [5.41, 5.74) is 0.103. The lowest BCUT2D eigenvalue weighted by Gasteiger charge is -2.15. The molecule has 1 amide bonds. The fourth-order valence-electron chi connectivity index (χ4n) is 2.07. The summed E-state index contributed by atoms with van der Waals surface area (Å²) in [5, 5.41) is 2.43. The summed E-state index contributed by atoms with van der Waals surface area (Å²) in [4.78, 5) is 23.3. The number of rotatable bonds is 7. The number of hydrogen-bond donors (Lipinski definition) is 1. The normalized spacial score (nSPS) is 11.5. The maximum atomic E-state index is 13.6. The van der Waals surface area contributed by atoms with Crippen molar-refractivity contribution in [2.75, 3.05) is 13.2 Å². The van der Waals surface area contributed by atoms with Gasteiger partial charge in [-0.3, -0.25) is 4.79 Å². The molecule has 0 heterocycles. The first-order chi connectivity index (χ1) is 12.3. The van der Waals surface area contributed by atoms with Crippen molar-refractivity contribution in [2.45, 2.75) is 13.0 Å². The molecule has 0 fully saturated rings. The second kappa shape index (κ2) is 8.89. The van der Waals surface area contributed by atoms with Crippen molar-refractivity contribution in [3.8, 4) is 5.75 Å². The zero-order valence-electron chi connectivity index (χ0n) is 13.8. The van der Waals surface area contributed by atoms with Gasteiger partial charge in [0.25, 0.3) is 5.91 Å². The van der Waals surface area contributed by atoms with Gasteiger partial charge in [-0.2, -0.15) is 0 Å². The highest BCUT2D eigenvalue weighted by atomic mass is 19.1. The molecule has 138 valence electrons. The Bertz CT molecular complexity index is 781. The van der Waals surface area contributed by atoms with Gasteiger partial charge in [0.1, 0.15) is 23.2 Å². The van der Waals surface area contributed by atoms with Crippen molar-refractivity contribution in [1.29, 1.82) is 0 Å². The van der Waals surface area contributed by atoms with E-state index in [1.54, 1.807) is 0 Å². The van der Waals surface area contributed by atoms with Crippen LogP contribution in [0.25, 0.3) is 0 Å². The van der Waals surface area contributed by atoms with E-state index in [4.69, 9.17) is 9.47 Å². The third kappa shape index (κ3) is 5.80. The van der Waals surface area contributed by atoms with Gasteiger partial charge in [0, 0.05) is 11.6 Å². The summed E-state index contributed by atoms with van der Waals surface area (Å²) < 4.78 is 49.1. The SMILES string of the molecule is C[C@H](NC(=O)COC(=O)COc1ccc(F)cc1)c1ccc(F)cc1F. The summed E-state index contributed by atoms with van der Waals surface area (Å²) in [6.07, 6.45) is 0. The van der Waals surface area contributed by atoms with Crippen LogP contribution in [0.1, 0.15) is 18.5 Å². The minimum atomic E-state index is -0.801. The lowest BCUT2D eigenvalue weighted by atomic mass is 10.1. The van der Waals surface area contributed by atoms with Crippen molar-refractivity contribution in [2.24, 2.45) is 0 Å². The van der Waals surface area contributed by atoms with E-state index in [-0.39, 0.29) is 11.3 Å². The molecule has 5 nitrogen and oxygen atoms in total. The maximum absolute atomic E-state index is 13.6. The first-order valence-electron chi connectivity index (χ1n) is 7.63. The third-order valence-corrected chi connectivity index (χ3v) is 3.34. The van der Waals surface area contributed by atoms with Crippen LogP contribution in [0.4, 0.5) is 13.2 Å². The number of nitrogens with one attached hydrogen (secondary N) is 1. The Labute approximate surface area is 147 Å². The average Bonchev–Trinajstić information content (AvgIpc) is 2.59. The molecule has 0 aromatic heterocycles. The molecular formula is C18H16F3NO4. The molecule has 0 saturated carbocycles. The summed E-state index contributed by atoms with van der Waals surface area (Å²) in [6, 6.07) is 7.30. The fourth-order valence-corrected chi connectivity index (χ4v) is 2.07. The van der Waals surface area contributed by atoms with Crippen molar-refractivity contribution in [3.63, 3.8) is 0 Å². The minimum absolute atomic E-state index is 0.103. The Kier molecular flexibility index (Phi) is 6.60. The van der Waals surface area contributed by atoms with E-state index in [1.807, 2.05) is 0 Å². The Morgan fingerprint density at radius 1 is 1.00 bits per heavy atom. The van der Waals surface area contributed by atoms with E-state index < -0.39 is 48.6 Å². The van der Waals surface area contributed by atoms with Crippen LogP contribution < -0.4 is 10.1 Å². The number of ether oxygens (including phenoxy) is 2. The molecule has 0 aliphatic carbocycles. The molecule has 1 atom stereocenters. The highest BCUT2D eigenvalue weighted by molar-refractivity contribution is 5.81. The zero-order chi connectivity index (χ0) is 19.1. The lowest BCUT2D eigenvalue weighted by Crippen LogP contribution is -2.32. The predicted octanol–water partition coefficient (Wildman–Crippen LogP) is 2.90. The van der Waals surface area contributed by atoms with Crippen LogP contribution in [0, 0.1) is 17.5 Å². The highest BCUT2D eigenvalue weighted by Crippen LogP contribution is 2.17. The summed E-state index contributed by atoms with van der Waals surface area (Å²) >= 11 is 0. The van der Waals surface area contributed by atoms with Crippen LogP contribution in [0.5, 0.6) is 5.75 Å². The van der Waals surface area contributed by atoms with Gasteiger partial charge in [0.2, 0.25) is 0 Å². The first-order valence-corrected chi connectivity index (χ1v) is 7.63. The molecule has 0 aliphatic rings. The van der Waals surface area contributed by atoms with Crippen LogP contribution in [0.3, 0.4) is 0 Å². The van der Waals surface area contributed by atoms with Crippen LogP contribution in [0.15, 0.2) is 42.5 Å². The molecule has 2 aromatic carbocycles. The quantitative estimate of drug-likeness (QED) is 0.765. The molecule has 26 heavy (non-hydrogen) atoms. The van der Waals surface area contributed by atoms with Crippen molar-refractivity contribution in [1.82, 2.24) is 5.32 Å². The Morgan fingerprint density at radius 3 is 2.31 bits per heavy atom. The number of amides is 1. The highest BCUT2D eigenvalue weighted by Gasteiger charge is 2.15. The number of esters is 1. The van der Waals surface area contributed by atoms with Gasteiger partial charge in [-0.25, -0.2) is 18.0 Å². The standard InChI is InChI=1S/C18H16F3NO4/c1-11(15-7-4-13(20)8-16(15)21)22-17(23)9-26-18(24)10-25-14-5-2-12(19)3-6-14/h2-8,11H,9-10H2,1H3,(H,22,23)/t11-/m0/s1. The molecule has 2 rings (SSSR count). The van der Waals surface area contributed by atoms with Crippen LogP contribution in [0.2, 0.25) is 0 Å². The zero-order valence-corrected chi connectivity index (χ0v) is 13.8. The van der Waals surface area contributed by atoms with Gasteiger partial charge in [0.05, 0.1) is 6.04 Å². The summed E-state index contributed by atoms with van der Waals surface area (Å²) in [7, 11) is 0. The van der Waals surface area contributed by atoms with Crippen molar-refractivity contribution < 1.29 is 32.2 Å². The van der Waals surface area contributed by atoms with E-state index in [1.165, 1.54) is 37.3 Å². The van der Waals surface area contributed by atoms with E-state index in [9.17, 15) is 22.8 Å². The second-order valence-corrected chi connectivity index (χ2v) is 5.36. The van der Waals surface area contributed by atoms with E-state index >= 15 is 0 Å². The molecule has 0 spiro atoms. The molecular weight excluding hydrogens is 351 g/mol. The van der Waals surface area contributed by atoms with Gasteiger partial charge in [-0.15, -0.1) is 0 Å². The number of carbonyl (C=O) groups excluding carboxylic acids is 2. The van der Waals surface area contributed by atoms with Crippen molar-refractivity contribution >= 4 is 11.9 Å². The number of carbonyl (C=O) groups is 2.